The molecule has 0 spiro atoms. The first-order chi connectivity index (χ1) is 8.47. The Hall–Kier alpha value is -1.68. The van der Waals surface area contributed by atoms with E-state index in [-0.39, 0.29) is 5.91 Å². The molecule has 0 bridgehead atoms. The van der Waals surface area contributed by atoms with Crippen LogP contribution in [0.15, 0.2) is 23.8 Å². The summed E-state index contributed by atoms with van der Waals surface area (Å²) in [4.78, 5) is 16.1. The zero-order valence-electron chi connectivity index (χ0n) is 11.0. The second-order valence-corrected chi connectivity index (χ2v) is 5.61. The van der Waals surface area contributed by atoms with Crippen LogP contribution in [0, 0.1) is 13.8 Å². The van der Waals surface area contributed by atoms with Crippen LogP contribution in [0.4, 0.5) is 5.13 Å². The fourth-order valence-corrected chi connectivity index (χ4v) is 2.73. The summed E-state index contributed by atoms with van der Waals surface area (Å²) in [5.74, 6) is -0.121. The summed E-state index contributed by atoms with van der Waals surface area (Å²) in [5.41, 5.74) is 4.28. The van der Waals surface area contributed by atoms with Crippen LogP contribution in [-0.2, 0) is 4.79 Å². The molecule has 1 heterocycles. The number of aryl methyl sites for hydroxylation is 2. The number of allylic oxidation sites excluding steroid dienone is 1. The molecule has 1 amide bonds. The van der Waals surface area contributed by atoms with Gasteiger partial charge in [-0.25, -0.2) is 4.98 Å². The van der Waals surface area contributed by atoms with E-state index in [2.05, 4.69) is 29.4 Å². The van der Waals surface area contributed by atoms with Gasteiger partial charge in [0.2, 0.25) is 5.91 Å². The van der Waals surface area contributed by atoms with Crippen molar-refractivity contribution in [3.8, 4) is 0 Å². The molecular weight excluding hydrogens is 244 g/mol. The second-order valence-electron chi connectivity index (χ2n) is 4.61. The zero-order valence-corrected chi connectivity index (χ0v) is 11.8. The summed E-state index contributed by atoms with van der Waals surface area (Å²) < 4.78 is 1.14. The molecule has 0 aliphatic heterocycles. The Morgan fingerprint density at radius 3 is 2.56 bits per heavy atom. The SMILES string of the molecule is CC(C)=CC(=O)Nc1nc2c(C)ccc(C)c2s1. The van der Waals surface area contributed by atoms with E-state index in [0.29, 0.717) is 5.13 Å². The maximum absolute atomic E-state index is 11.6. The number of hydrogen-bond donors (Lipinski definition) is 1. The minimum atomic E-state index is -0.121. The molecule has 0 saturated heterocycles. The van der Waals surface area contributed by atoms with Crippen molar-refractivity contribution in [3.05, 3.63) is 34.9 Å². The Labute approximate surface area is 111 Å². The van der Waals surface area contributed by atoms with Crippen molar-refractivity contribution in [2.24, 2.45) is 0 Å². The summed E-state index contributed by atoms with van der Waals surface area (Å²) in [6, 6.07) is 4.14. The fourth-order valence-electron chi connectivity index (χ4n) is 1.72. The Balaban J connectivity index is 2.37. The van der Waals surface area contributed by atoms with Crippen molar-refractivity contribution < 1.29 is 4.79 Å². The Morgan fingerprint density at radius 1 is 1.28 bits per heavy atom. The first-order valence-electron chi connectivity index (χ1n) is 5.80. The Morgan fingerprint density at radius 2 is 1.94 bits per heavy atom. The van der Waals surface area contributed by atoms with Crippen LogP contribution < -0.4 is 5.32 Å². The van der Waals surface area contributed by atoms with Gasteiger partial charge in [0, 0.05) is 6.08 Å². The molecule has 1 aromatic heterocycles. The van der Waals surface area contributed by atoms with Gasteiger partial charge in [0.05, 0.1) is 10.2 Å². The van der Waals surface area contributed by atoms with Crippen molar-refractivity contribution >= 4 is 32.6 Å². The summed E-state index contributed by atoms with van der Waals surface area (Å²) in [6.45, 7) is 7.88. The highest BCUT2D eigenvalue weighted by Crippen LogP contribution is 2.30. The first kappa shape index (κ1) is 12.8. The second kappa shape index (κ2) is 4.90. The van der Waals surface area contributed by atoms with Gasteiger partial charge < -0.3 is 0 Å². The predicted octanol–water partition coefficient (Wildman–Crippen LogP) is 3.82. The summed E-state index contributed by atoms with van der Waals surface area (Å²) in [5, 5.41) is 3.47. The van der Waals surface area contributed by atoms with Crippen LogP contribution in [-0.4, -0.2) is 10.9 Å². The van der Waals surface area contributed by atoms with Gasteiger partial charge in [-0.15, -0.1) is 0 Å². The van der Waals surface area contributed by atoms with Crippen LogP contribution in [0.1, 0.15) is 25.0 Å². The molecule has 1 N–H and O–H groups in total. The van der Waals surface area contributed by atoms with Crippen molar-refractivity contribution in [1.29, 1.82) is 0 Å². The van der Waals surface area contributed by atoms with Crippen molar-refractivity contribution in [3.63, 3.8) is 0 Å². The number of benzene rings is 1. The van der Waals surface area contributed by atoms with E-state index in [9.17, 15) is 4.79 Å². The smallest absolute Gasteiger partial charge is 0.250 e. The normalized spacial score (nSPS) is 10.4. The number of nitrogens with zero attached hydrogens (tertiary/aromatic N) is 1. The van der Waals surface area contributed by atoms with E-state index in [0.717, 1.165) is 21.4 Å². The predicted molar refractivity (Wildman–Crippen MR) is 77.2 cm³/mol. The minimum Gasteiger partial charge on any atom is -0.298 e. The average molecular weight is 260 g/mol. The number of carbonyl (C=O) groups excluding carboxylic acids is 1. The number of anilines is 1. The molecule has 0 aliphatic rings. The van der Waals surface area contributed by atoms with Gasteiger partial charge in [0.1, 0.15) is 0 Å². The lowest BCUT2D eigenvalue weighted by Gasteiger charge is -1.96. The third-order valence-electron chi connectivity index (χ3n) is 2.59. The molecule has 0 fully saturated rings. The lowest BCUT2D eigenvalue weighted by Crippen LogP contribution is -2.07. The molecule has 2 rings (SSSR count). The third kappa shape index (κ3) is 2.59. The Bertz CT molecular complexity index is 598. The number of amides is 1. The molecule has 94 valence electrons. The van der Waals surface area contributed by atoms with Crippen LogP contribution in [0.2, 0.25) is 0 Å². The number of carbonyl (C=O) groups is 1. The van der Waals surface area contributed by atoms with E-state index < -0.39 is 0 Å². The fraction of sp³-hybridized carbons (Fsp3) is 0.286. The number of rotatable bonds is 2. The molecule has 3 nitrogen and oxygen atoms in total. The van der Waals surface area contributed by atoms with E-state index in [1.54, 1.807) is 6.08 Å². The molecule has 2 aromatic rings. The number of hydrogen-bond acceptors (Lipinski definition) is 3. The summed E-state index contributed by atoms with van der Waals surface area (Å²) >= 11 is 1.52. The van der Waals surface area contributed by atoms with E-state index in [4.69, 9.17) is 0 Å². The number of fused-ring (bicyclic) bond motifs is 1. The minimum absolute atomic E-state index is 0.121. The quantitative estimate of drug-likeness (QED) is 0.834. The molecule has 0 radical (unpaired) electrons. The van der Waals surface area contributed by atoms with Crippen molar-refractivity contribution in [2.45, 2.75) is 27.7 Å². The Kier molecular flexibility index (Phi) is 3.48. The van der Waals surface area contributed by atoms with E-state index in [1.165, 1.54) is 16.9 Å². The van der Waals surface area contributed by atoms with Gasteiger partial charge in [0.25, 0.3) is 0 Å². The highest BCUT2D eigenvalue weighted by Gasteiger charge is 2.09. The molecule has 0 unspecified atom stereocenters. The van der Waals surface area contributed by atoms with Crippen LogP contribution in [0.5, 0.6) is 0 Å². The molecule has 1 aromatic carbocycles. The highest BCUT2D eigenvalue weighted by atomic mass is 32.1. The van der Waals surface area contributed by atoms with E-state index >= 15 is 0 Å². The average Bonchev–Trinajstić information content (AvgIpc) is 2.67. The monoisotopic (exact) mass is 260 g/mol. The van der Waals surface area contributed by atoms with Crippen molar-refractivity contribution in [1.82, 2.24) is 4.98 Å². The maximum Gasteiger partial charge on any atom is 0.250 e. The summed E-state index contributed by atoms with van der Waals surface area (Å²) in [7, 11) is 0. The number of aromatic nitrogens is 1. The lowest BCUT2D eigenvalue weighted by atomic mass is 10.1. The lowest BCUT2D eigenvalue weighted by molar-refractivity contribution is -0.111. The molecular formula is C14H16N2OS. The van der Waals surface area contributed by atoms with Gasteiger partial charge in [-0.2, -0.15) is 0 Å². The standard InChI is InChI=1S/C14H16N2OS/c1-8(2)7-11(17)15-14-16-12-9(3)5-6-10(4)13(12)18-14/h5-7H,1-4H3,(H,15,16,17). The zero-order chi connectivity index (χ0) is 13.3. The summed E-state index contributed by atoms with van der Waals surface area (Å²) in [6.07, 6.45) is 1.58. The van der Waals surface area contributed by atoms with E-state index in [1.807, 2.05) is 20.8 Å². The molecule has 0 atom stereocenters. The maximum atomic E-state index is 11.6. The van der Waals surface area contributed by atoms with Gasteiger partial charge in [-0.1, -0.05) is 29.0 Å². The topological polar surface area (TPSA) is 42.0 Å². The third-order valence-corrected chi connectivity index (χ3v) is 3.70. The van der Waals surface area contributed by atoms with Crippen LogP contribution in [0.3, 0.4) is 0 Å². The van der Waals surface area contributed by atoms with Gasteiger partial charge in [-0.3, -0.25) is 10.1 Å². The van der Waals surface area contributed by atoms with Crippen LogP contribution in [0.25, 0.3) is 10.2 Å². The number of nitrogens with one attached hydrogen (secondary N) is 1. The molecule has 4 heteroatoms. The molecule has 0 aliphatic carbocycles. The van der Waals surface area contributed by atoms with Gasteiger partial charge in [-0.05, 0) is 38.8 Å². The highest BCUT2D eigenvalue weighted by molar-refractivity contribution is 7.22. The van der Waals surface area contributed by atoms with Gasteiger partial charge in [0.15, 0.2) is 5.13 Å². The molecule has 18 heavy (non-hydrogen) atoms. The van der Waals surface area contributed by atoms with Gasteiger partial charge >= 0.3 is 0 Å². The first-order valence-corrected chi connectivity index (χ1v) is 6.61. The largest absolute Gasteiger partial charge is 0.298 e. The van der Waals surface area contributed by atoms with Crippen molar-refractivity contribution in [2.75, 3.05) is 5.32 Å². The van der Waals surface area contributed by atoms with Crippen LogP contribution >= 0.6 is 11.3 Å². The molecule has 0 saturated carbocycles. The number of thiazole rings is 1.